The molecule has 1 aliphatic carbocycles. The highest BCUT2D eigenvalue weighted by atomic mass is 35.7. The summed E-state index contributed by atoms with van der Waals surface area (Å²) in [6.07, 6.45) is 5.08. The number of nitrogens with one attached hydrogen (secondary N) is 1. The van der Waals surface area contributed by atoms with Gasteiger partial charge < -0.3 is 5.32 Å². The summed E-state index contributed by atoms with van der Waals surface area (Å²) in [6, 6.07) is 3.06. The molecule has 1 aromatic heterocycles. The summed E-state index contributed by atoms with van der Waals surface area (Å²) in [5, 5.41) is 2.85. The number of rotatable bonds is 7. The van der Waals surface area contributed by atoms with Crippen molar-refractivity contribution in [2.24, 2.45) is 5.92 Å². The highest BCUT2D eigenvalue weighted by molar-refractivity contribution is 8.15. The third-order valence-corrected chi connectivity index (χ3v) is 6.20. The topological polar surface area (TPSA) is 63.2 Å². The van der Waals surface area contributed by atoms with E-state index in [2.05, 4.69) is 5.32 Å². The summed E-state index contributed by atoms with van der Waals surface area (Å²) in [4.78, 5) is 12.4. The van der Waals surface area contributed by atoms with Crippen LogP contribution in [0.4, 0.5) is 0 Å². The van der Waals surface area contributed by atoms with Crippen molar-refractivity contribution in [2.45, 2.75) is 36.3 Å². The molecular weight excluding hydrogens is 306 g/mol. The Morgan fingerprint density at radius 2 is 2.16 bits per heavy atom. The largest absolute Gasteiger partial charge is 0.356 e. The number of carbonyl (C=O) groups excluding carboxylic acids is 1. The van der Waals surface area contributed by atoms with Gasteiger partial charge in [-0.15, -0.1) is 11.3 Å². The lowest BCUT2D eigenvalue weighted by molar-refractivity contribution is -0.120. The highest BCUT2D eigenvalue weighted by Crippen LogP contribution is 2.33. The number of carbonyl (C=O) groups is 1. The summed E-state index contributed by atoms with van der Waals surface area (Å²) in [6.45, 7) is 0.696. The zero-order valence-corrected chi connectivity index (χ0v) is 12.8. The van der Waals surface area contributed by atoms with Crippen LogP contribution in [0.5, 0.6) is 0 Å². The third kappa shape index (κ3) is 5.12. The van der Waals surface area contributed by atoms with E-state index in [0.29, 0.717) is 11.4 Å². The van der Waals surface area contributed by atoms with Crippen LogP contribution < -0.4 is 5.32 Å². The van der Waals surface area contributed by atoms with Crippen LogP contribution in [-0.2, 0) is 20.3 Å². The van der Waals surface area contributed by atoms with Gasteiger partial charge in [-0.1, -0.05) is 12.8 Å². The summed E-state index contributed by atoms with van der Waals surface area (Å²) < 4.78 is 22.3. The van der Waals surface area contributed by atoms with E-state index in [-0.39, 0.29) is 16.5 Å². The van der Waals surface area contributed by atoms with Crippen LogP contribution in [0, 0.1) is 5.92 Å². The molecule has 1 amide bonds. The zero-order chi connectivity index (χ0) is 13.9. The Morgan fingerprint density at radius 3 is 2.74 bits per heavy atom. The fourth-order valence-corrected chi connectivity index (χ4v) is 3.95. The Hall–Kier alpha value is -0.590. The molecule has 1 aromatic rings. The van der Waals surface area contributed by atoms with Crippen molar-refractivity contribution in [1.29, 1.82) is 0 Å². The normalized spacial score (nSPS) is 15.4. The van der Waals surface area contributed by atoms with Gasteiger partial charge in [0.25, 0.3) is 9.05 Å². The van der Waals surface area contributed by atoms with Gasteiger partial charge >= 0.3 is 0 Å². The van der Waals surface area contributed by atoms with Crippen LogP contribution >= 0.6 is 22.0 Å². The molecule has 1 fully saturated rings. The third-order valence-electron chi connectivity index (χ3n) is 3.02. The number of thiophene rings is 1. The highest BCUT2D eigenvalue weighted by Gasteiger charge is 2.20. The molecule has 0 spiro atoms. The van der Waals surface area contributed by atoms with Gasteiger partial charge in [0.1, 0.15) is 4.21 Å². The van der Waals surface area contributed by atoms with Crippen LogP contribution in [0.2, 0.25) is 0 Å². The Morgan fingerprint density at radius 1 is 1.42 bits per heavy atom. The first-order chi connectivity index (χ1) is 8.95. The lowest BCUT2D eigenvalue weighted by Gasteiger charge is -2.03. The summed E-state index contributed by atoms with van der Waals surface area (Å²) in [7, 11) is 1.55. The van der Waals surface area contributed by atoms with Crippen LogP contribution in [0.1, 0.15) is 30.6 Å². The average molecular weight is 322 g/mol. The van der Waals surface area contributed by atoms with E-state index in [9.17, 15) is 13.2 Å². The summed E-state index contributed by atoms with van der Waals surface area (Å²) in [5.41, 5.74) is 0. The number of amides is 1. The maximum absolute atomic E-state index is 11.6. The molecule has 7 heteroatoms. The molecule has 1 N–H and O–H groups in total. The minimum atomic E-state index is -3.68. The van der Waals surface area contributed by atoms with Gasteiger partial charge in [0.2, 0.25) is 5.91 Å². The van der Waals surface area contributed by atoms with Crippen LogP contribution in [-0.4, -0.2) is 20.9 Å². The van der Waals surface area contributed by atoms with Gasteiger partial charge in [0.05, 0.1) is 6.42 Å². The van der Waals surface area contributed by atoms with E-state index in [1.165, 1.54) is 25.3 Å². The lowest BCUT2D eigenvalue weighted by Crippen LogP contribution is -2.25. The number of hydrogen-bond donors (Lipinski definition) is 1. The Kier molecular flexibility index (Phi) is 4.86. The van der Waals surface area contributed by atoms with Crippen molar-refractivity contribution in [3.8, 4) is 0 Å². The molecule has 1 saturated carbocycles. The van der Waals surface area contributed by atoms with Crippen LogP contribution in [0.15, 0.2) is 16.3 Å². The van der Waals surface area contributed by atoms with E-state index in [0.717, 1.165) is 23.7 Å². The summed E-state index contributed by atoms with van der Waals surface area (Å²) in [5.74, 6) is 0.807. The first-order valence-corrected chi connectivity index (χ1v) is 9.38. The Bertz CT molecular complexity index is 549. The molecule has 1 heterocycles. The molecule has 0 aromatic carbocycles. The molecule has 0 unspecified atom stereocenters. The fourth-order valence-electron chi connectivity index (χ4n) is 1.83. The second-order valence-corrected chi connectivity index (χ2v) is 8.73. The van der Waals surface area contributed by atoms with Crippen molar-refractivity contribution in [2.75, 3.05) is 6.54 Å². The van der Waals surface area contributed by atoms with Gasteiger partial charge in [0.15, 0.2) is 0 Å². The fraction of sp³-hybridized carbons (Fsp3) is 0.583. The molecule has 2 rings (SSSR count). The quantitative estimate of drug-likeness (QED) is 0.620. The van der Waals surface area contributed by atoms with E-state index in [1.807, 2.05) is 0 Å². The minimum absolute atomic E-state index is 0.0730. The minimum Gasteiger partial charge on any atom is -0.356 e. The molecular formula is C12H16ClNO3S2. The molecule has 0 atom stereocenters. The first kappa shape index (κ1) is 14.8. The van der Waals surface area contributed by atoms with E-state index >= 15 is 0 Å². The van der Waals surface area contributed by atoms with Gasteiger partial charge in [-0.25, -0.2) is 8.42 Å². The average Bonchev–Trinajstić information content (AvgIpc) is 3.01. The Balaban J connectivity index is 1.73. The number of hydrogen-bond acceptors (Lipinski definition) is 4. The first-order valence-electron chi connectivity index (χ1n) is 6.25. The van der Waals surface area contributed by atoms with Crippen molar-refractivity contribution >= 4 is 37.0 Å². The van der Waals surface area contributed by atoms with Crippen LogP contribution in [0.25, 0.3) is 0 Å². The molecule has 1 aliphatic rings. The Labute approximate surface area is 121 Å². The van der Waals surface area contributed by atoms with E-state index < -0.39 is 9.05 Å². The van der Waals surface area contributed by atoms with Gasteiger partial charge in [0, 0.05) is 22.1 Å². The van der Waals surface area contributed by atoms with Crippen molar-refractivity contribution in [3.63, 3.8) is 0 Å². The van der Waals surface area contributed by atoms with Gasteiger partial charge in [-0.3, -0.25) is 4.79 Å². The van der Waals surface area contributed by atoms with Crippen molar-refractivity contribution < 1.29 is 13.2 Å². The SMILES string of the molecule is O=C(Cc1ccc(S(=O)(=O)Cl)s1)NCCCC1CC1. The van der Waals surface area contributed by atoms with E-state index in [4.69, 9.17) is 10.7 Å². The zero-order valence-electron chi connectivity index (χ0n) is 10.4. The number of halogens is 1. The summed E-state index contributed by atoms with van der Waals surface area (Å²) >= 11 is 1.04. The molecule has 19 heavy (non-hydrogen) atoms. The van der Waals surface area contributed by atoms with Gasteiger partial charge in [-0.2, -0.15) is 0 Å². The van der Waals surface area contributed by atoms with Gasteiger partial charge in [-0.05, 0) is 30.9 Å². The molecule has 0 aliphatic heterocycles. The molecule has 0 radical (unpaired) electrons. The van der Waals surface area contributed by atoms with Crippen molar-refractivity contribution in [3.05, 3.63) is 17.0 Å². The standard InChI is InChI=1S/C12H16ClNO3S2/c13-19(16,17)12-6-5-10(18-12)8-11(15)14-7-1-2-9-3-4-9/h5-6,9H,1-4,7-8H2,(H,14,15). The maximum Gasteiger partial charge on any atom is 0.270 e. The predicted octanol–water partition coefficient (Wildman–Crippen LogP) is 2.52. The predicted molar refractivity (Wildman–Crippen MR) is 76.0 cm³/mol. The molecule has 106 valence electrons. The molecule has 0 saturated heterocycles. The monoisotopic (exact) mass is 321 g/mol. The second-order valence-electron chi connectivity index (χ2n) is 4.77. The smallest absolute Gasteiger partial charge is 0.270 e. The van der Waals surface area contributed by atoms with Crippen LogP contribution in [0.3, 0.4) is 0 Å². The van der Waals surface area contributed by atoms with E-state index in [1.54, 1.807) is 6.07 Å². The lowest BCUT2D eigenvalue weighted by atomic mass is 10.2. The molecule has 4 nitrogen and oxygen atoms in total. The maximum atomic E-state index is 11.6. The second kappa shape index (κ2) is 6.24. The molecule has 0 bridgehead atoms. The van der Waals surface area contributed by atoms with Crippen molar-refractivity contribution in [1.82, 2.24) is 5.32 Å².